The van der Waals surface area contributed by atoms with E-state index in [-0.39, 0.29) is 23.5 Å². The topological polar surface area (TPSA) is 77.2 Å². The summed E-state index contributed by atoms with van der Waals surface area (Å²) in [6, 6.07) is 13.6. The molecule has 1 amide bonds. The van der Waals surface area contributed by atoms with Crippen LogP contribution < -0.4 is 9.47 Å². The number of methoxy groups -OCH3 is 1. The highest BCUT2D eigenvalue weighted by atomic mass is 32.2. The van der Waals surface area contributed by atoms with Crippen molar-refractivity contribution in [1.29, 1.82) is 0 Å². The SMILES string of the molecule is COc1cc(/C=C2/SC(N3CCC(c4nc5ccccc5o4)CC3)=NC2=O)ccc1OCc1ccc(C(F)(F)F)cc1C(F)(F)F. The summed E-state index contributed by atoms with van der Waals surface area (Å²) in [5, 5.41) is 0.594. The van der Waals surface area contributed by atoms with E-state index >= 15 is 0 Å². The van der Waals surface area contributed by atoms with Crippen molar-refractivity contribution in [2.75, 3.05) is 20.2 Å². The number of aromatic nitrogens is 1. The molecule has 0 saturated carbocycles. The number of halogens is 6. The Balaban J connectivity index is 1.10. The van der Waals surface area contributed by atoms with Crippen LogP contribution in [0.2, 0.25) is 0 Å². The van der Waals surface area contributed by atoms with Gasteiger partial charge in [-0.1, -0.05) is 24.3 Å². The summed E-state index contributed by atoms with van der Waals surface area (Å²) in [5.41, 5.74) is -1.19. The predicted octanol–water partition coefficient (Wildman–Crippen LogP) is 8.30. The van der Waals surface area contributed by atoms with Crippen molar-refractivity contribution in [2.45, 2.75) is 37.7 Å². The minimum atomic E-state index is -5.02. The molecule has 1 fully saturated rings. The van der Waals surface area contributed by atoms with Gasteiger partial charge in [-0.2, -0.15) is 31.3 Å². The first-order valence-corrected chi connectivity index (χ1v) is 14.9. The summed E-state index contributed by atoms with van der Waals surface area (Å²) in [6.07, 6.45) is -6.75. The van der Waals surface area contributed by atoms with Crippen LogP contribution in [-0.4, -0.2) is 41.2 Å². The number of fused-ring (bicyclic) bond motifs is 1. The van der Waals surface area contributed by atoms with Gasteiger partial charge < -0.3 is 18.8 Å². The summed E-state index contributed by atoms with van der Waals surface area (Å²) >= 11 is 1.24. The largest absolute Gasteiger partial charge is 0.493 e. The smallest absolute Gasteiger partial charge is 0.416 e. The number of ether oxygens (including phenoxy) is 2. The molecule has 240 valence electrons. The molecule has 1 aromatic heterocycles. The number of amides is 1. The number of hydrogen-bond donors (Lipinski definition) is 0. The highest BCUT2D eigenvalue weighted by Crippen LogP contribution is 2.39. The number of alkyl halides is 6. The Hall–Kier alpha value is -4.46. The van der Waals surface area contributed by atoms with Crippen molar-refractivity contribution >= 4 is 40.0 Å². The van der Waals surface area contributed by atoms with Crippen molar-refractivity contribution in [2.24, 2.45) is 4.99 Å². The highest BCUT2D eigenvalue weighted by molar-refractivity contribution is 8.18. The average molecular weight is 662 g/mol. The number of aliphatic imine (C=N–C) groups is 1. The number of amidine groups is 1. The summed E-state index contributed by atoms with van der Waals surface area (Å²) in [4.78, 5) is 24.0. The standard InChI is InChI=1S/C32H25F6N3O4S/c1-43-26-14-18(6-9-25(26)44-17-20-7-8-21(31(33,34)35)16-22(20)32(36,37)38)15-27-28(42)40-30(46-27)41-12-10-19(11-13-41)29-39-23-4-2-3-5-24(23)45-29/h2-9,14-16,19H,10-13,17H2,1H3/b27-15+. The molecule has 2 aliphatic heterocycles. The third-order valence-corrected chi connectivity index (χ3v) is 8.69. The summed E-state index contributed by atoms with van der Waals surface area (Å²) in [5.74, 6) is 0.700. The van der Waals surface area contributed by atoms with E-state index in [4.69, 9.17) is 13.9 Å². The molecule has 2 aliphatic rings. The van der Waals surface area contributed by atoms with Gasteiger partial charge >= 0.3 is 12.4 Å². The first kappa shape index (κ1) is 31.5. The molecular formula is C32H25F6N3O4S. The number of piperidine rings is 1. The maximum atomic E-state index is 13.5. The van der Waals surface area contributed by atoms with E-state index in [2.05, 4.69) is 14.9 Å². The number of rotatable bonds is 6. The molecule has 0 bridgehead atoms. The van der Waals surface area contributed by atoms with Crippen LogP contribution in [0.1, 0.15) is 46.9 Å². The predicted molar refractivity (Wildman–Crippen MR) is 159 cm³/mol. The van der Waals surface area contributed by atoms with Crippen LogP contribution in [0, 0.1) is 0 Å². The number of benzene rings is 3. The molecule has 3 heterocycles. The first-order chi connectivity index (χ1) is 21.9. The molecule has 6 rings (SSSR count). The van der Waals surface area contributed by atoms with Crippen LogP contribution in [0.25, 0.3) is 17.2 Å². The van der Waals surface area contributed by atoms with E-state index in [1.807, 2.05) is 24.3 Å². The monoisotopic (exact) mass is 661 g/mol. The second-order valence-corrected chi connectivity index (χ2v) is 11.7. The normalized spacial score (nSPS) is 17.2. The lowest BCUT2D eigenvalue weighted by Crippen LogP contribution is -2.35. The molecular weight excluding hydrogens is 636 g/mol. The first-order valence-electron chi connectivity index (χ1n) is 14.1. The van der Waals surface area contributed by atoms with E-state index in [0.29, 0.717) is 40.7 Å². The summed E-state index contributed by atoms with van der Waals surface area (Å²) < 4.78 is 96.4. The lowest BCUT2D eigenvalue weighted by Gasteiger charge is -2.31. The van der Waals surface area contributed by atoms with Crippen molar-refractivity contribution in [3.63, 3.8) is 0 Å². The van der Waals surface area contributed by atoms with Gasteiger partial charge in [0.25, 0.3) is 5.91 Å². The Labute approximate surface area is 262 Å². The fourth-order valence-corrected chi connectivity index (χ4v) is 6.22. The Bertz CT molecular complexity index is 1810. The van der Waals surface area contributed by atoms with Gasteiger partial charge in [0.15, 0.2) is 28.1 Å². The number of hydrogen-bond acceptors (Lipinski definition) is 7. The molecule has 0 N–H and O–H groups in total. The Morgan fingerprint density at radius 1 is 0.978 bits per heavy atom. The van der Waals surface area contributed by atoms with Gasteiger partial charge in [-0.15, -0.1) is 0 Å². The van der Waals surface area contributed by atoms with E-state index < -0.39 is 41.6 Å². The third kappa shape index (κ3) is 6.71. The zero-order valence-corrected chi connectivity index (χ0v) is 24.9. The highest BCUT2D eigenvalue weighted by Gasteiger charge is 2.38. The van der Waals surface area contributed by atoms with Crippen molar-refractivity contribution < 1.29 is 45.0 Å². The number of likely N-dealkylation sites (tertiary alicyclic amines) is 1. The molecule has 4 aromatic rings. The van der Waals surface area contributed by atoms with E-state index in [1.54, 1.807) is 12.1 Å². The van der Waals surface area contributed by atoms with Gasteiger partial charge in [0, 0.05) is 24.6 Å². The van der Waals surface area contributed by atoms with Crippen molar-refractivity contribution in [1.82, 2.24) is 9.88 Å². The molecule has 0 unspecified atom stereocenters. The number of thioether (sulfide) groups is 1. The van der Waals surface area contributed by atoms with Crippen LogP contribution >= 0.6 is 11.8 Å². The molecule has 0 atom stereocenters. The summed E-state index contributed by atoms with van der Waals surface area (Å²) in [7, 11) is 1.33. The lowest BCUT2D eigenvalue weighted by molar-refractivity contribution is -0.143. The number of para-hydroxylation sites is 2. The average Bonchev–Trinajstić information content (AvgIpc) is 3.63. The number of carbonyl (C=O) groups is 1. The van der Waals surface area contributed by atoms with Crippen LogP contribution in [0.3, 0.4) is 0 Å². The van der Waals surface area contributed by atoms with E-state index in [1.165, 1.54) is 31.0 Å². The molecule has 0 spiro atoms. The lowest BCUT2D eigenvalue weighted by atomic mass is 9.97. The molecule has 0 radical (unpaired) electrons. The van der Waals surface area contributed by atoms with Gasteiger partial charge in [0.05, 0.1) is 23.1 Å². The zero-order valence-electron chi connectivity index (χ0n) is 24.1. The fourth-order valence-electron chi connectivity index (χ4n) is 5.26. The molecule has 3 aromatic carbocycles. The van der Waals surface area contributed by atoms with Crippen molar-refractivity contribution in [3.05, 3.63) is 93.7 Å². The van der Waals surface area contributed by atoms with Gasteiger partial charge in [-0.3, -0.25) is 4.79 Å². The van der Waals surface area contributed by atoms with Gasteiger partial charge in [0.2, 0.25) is 0 Å². The molecule has 14 heteroatoms. The molecule has 46 heavy (non-hydrogen) atoms. The second kappa shape index (κ2) is 12.4. The van der Waals surface area contributed by atoms with Gasteiger partial charge in [-0.05, 0) is 72.6 Å². The van der Waals surface area contributed by atoms with E-state index in [9.17, 15) is 31.1 Å². The van der Waals surface area contributed by atoms with Crippen LogP contribution in [0.15, 0.2) is 75.0 Å². The Kier molecular flexibility index (Phi) is 8.49. The van der Waals surface area contributed by atoms with Crippen molar-refractivity contribution in [3.8, 4) is 11.5 Å². The number of oxazole rings is 1. The minimum absolute atomic E-state index is 0.0675. The minimum Gasteiger partial charge on any atom is -0.493 e. The molecule has 0 aliphatic carbocycles. The molecule has 7 nitrogen and oxygen atoms in total. The quantitative estimate of drug-likeness (QED) is 0.152. The second-order valence-electron chi connectivity index (χ2n) is 10.7. The fraction of sp³-hybridized carbons (Fsp3) is 0.281. The molecule has 1 saturated heterocycles. The van der Waals surface area contributed by atoms with Crippen LogP contribution in [0.5, 0.6) is 11.5 Å². The Morgan fingerprint density at radius 2 is 1.74 bits per heavy atom. The Morgan fingerprint density at radius 3 is 2.43 bits per heavy atom. The number of carbonyl (C=O) groups excluding carboxylic acids is 1. The number of nitrogens with zero attached hydrogens (tertiary/aromatic N) is 3. The third-order valence-electron chi connectivity index (χ3n) is 7.65. The summed E-state index contributed by atoms with van der Waals surface area (Å²) in [6.45, 7) is 0.688. The van der Waals surface area contributed by atoms with Gasteiger partial charge in [-0.25, -0.2) is 4.98 Å². The van der Waals surface area contributed by atoms with E-state index in [0.717, 1.165) is 30.0 Å². The maximum absolute atomic E-state index is 13.5. The van der Waals surface area contributed by atoms with Gasteiger partial charge in [0.1, 0.15) is 12.1 Å². The van der Waals surface area contributed by atoms with Crippen LogP contribution in [0.4, 0.5) is 26.3 Å². The van der Waals surface area contributed by atoms with Crippen LogP contribution in [-0.2, 0) is 23.8 Å². The zero-order chi connectivity index (χ0) is 32.6. The maximum Gasteiger partial charge on any atom is 0.416 e.